The number of guanidine groups is 1. The van der Waals surface area contributed by atoms with Crippen molar-refractivity contribution in [2.24, 2.45) is 15.9 Å². The van der Waals surface area contributed by atoms with E-state index in [0.717, 1.165) is 37.5 Å². The van der Waals surface area contributed by atoms with Gasteiger partial charge >= 0.3 is 0 Å². The lowest BCUT2D eigenvalue weighted by Gasteiger charge is -2.41. The van der Waals surface area contributed by atoms with Crippen molar-refractivity contribution < 1.29 is 13.9 Å². The first-order valence-corrected chi connectivity index (χ1v) is 10.7. The van der Waals surface area contributed by atoms with Crippen molar-refractivity contribution in [3.05, 3.63) is 53.8 Å². The second-order valence-electron chi connectivity index (χ2n) is 8.13. The monoisotopic (exact) mass is 440 g/mol. The zero-order valence-corrected chi connectivity index (χ0v) is 18.7. The molecule has 1 aromatic heterocycles. The Labute approximate surface area is 187 Å². The summed E-state index contributed by atoms with van der Waals surface area (Å²) in [7, 11) is 2.02. The highest BCUT2D eigenvalue weighted by Gasteiger charge is 2.33. The first kappa shape index (κ1) is 22.0. The quantitative estimate of drug-likeness (QED) is 0.579. The van der Waals surface area contributed by atoms with E-state index in [1.54, 1.807) is 29.2 Å². The van der Waals surface area contributed by atoms with Crippen molar-refractivity contribution in [3.8, 4) is 5.69 Å². The van der Waals surface area contributed by atoms with E-state index in [1.807, 2.05) is 20.9 Å². The van der Waals surface area contributed by atoms with Gasteiger partial charge in [-0.3, -0.25) is 0 Å². The van der Waals surface area contributed by atoms with E-state index in [1.165, 1.54) is 6.07 Å². The van der Waals surface area contributed by atoms with Crippen molar-refractivity contribution in [3.63, 3.8) is 0 Å². The molecular weight excluding hydrogens is 411 g/mol. The molecule has 1 atom stereocenters. The van der Waals surface area contributed by atoms with Crippen molar-refractivity contribution in [1.29, 1.82) is 0 Å². The Kier molecular flexibility index (Phi) is 6.55. The van der Waals surface area contributed by atoms with E-state index in [-0.39, 0.29) is 17.8 Å². The Bertz CT molecular complexity index is 1040. The molecule has 1 N–H and O–H groups in total. The van der Waals surface area contributed by atoms with Crippen LogP contribution >= 0.6 is 0 Å². The zero-order valence-electron chi connectivity index (χ0n) is 18.7. The number of aromatic nitrogens is 2. The van der Waals surface area contributed by atoms with E-state index >= 15 is 0 Å². The van der Waals surface area contributed by atoms with E-state index in [9.17, 15) is 4.39 Å². The summed E-state index contributed by atoms with van der Waals surface area (Å²) in [6.45, 7) is 9.54. The number of aliphatic imine (C=N–C) groups is 2. The predicted octanol–water partition coefficient (Wildman–Crippen LogP) is 3.73. The molecule has 4 rings (SSSR count). The summed E-state index contributed by atoms with van der Waals surface area (Å²) in [5.41, 5.74) is 1.76. The minimum absolute atomic E-state index is 0.211. The van der Waals surface area contributed by atoms with Gasteiger partial charge in [0.1, 0.15) is 18.2 Å². The molecule has 8 nitrogen and oxygen atoms in total. The van der Waals surface area contributed by atoms with Crippen LogP contribution in [0.3, 0.4) is 0 Å². The number of nitrogens with zero attached hydrogens (tertiary/aromatic N) is 5. The fraction of sp³-hybridized carbons (Fsp3) is 0.435. The predicted molar refractivity (Wildman–Crippen MR) is 123 cm³/mol. The number of hydrogen-bond donors (Lipinski definition) is 1. The summed E-state index contributed by atoms with van der Waals surface area (Å²) in [5.74, 6) is 1.77. The molecule has 0 bridgehead atoms. The lowest BCUT2D eigenvalue weighted by atomic mass is 9.90. The van der Waals surface area contributed by atoms with Gasteiger partial charge in [0.2, 0.25) is 5.96 Å². The number of aryl methyl sites for hydroxylation is 1. The summed E-state index contributed by atoms with van der Waals surface area (Å²) < 4.78 is 27.8. The van der Waals surface area contributed by atoms with E-state index in [2.05, 4.69) is 31.9 Å². The normalized spacial score (nSPS) is 20.3. The summed E-state index contributed by atoms with van der Waals surface area (Å²) >= 11 is 0. The fourth-order valence-corrected chi connectivity index (χ4v) is 4.18. The van der Waals surface area contributed by atoms with Crippen LogP contribution in [0.4, 0.5) is 10.1 Å². The van der Waals surface area contributed by atoms with Crippen molar-refractivity contribution in [2.75, 3.05) is 32.2 Å². The van der Waals surface area contributed by atoms with Gasteiger partial charge in [-0.2, -0.15) is 4.99 Å². The standard InChI is InChI=1S/C23H29FN6O2/c1-15-12-30(14-26-15)20-6-5-18(11-19(20)24)27-23(25-3)28-22-16(2)32-13-21(29(22)4)17-7-9-31-10-8-17/h5-6,11-12,14,17,21H,3,7-10,13H2,1-2,4H3,(H,27,28). The first-order chi connectivity index (χ1) is 15.5. The summed E-state index contributed by atoms with van der Waals surface area (Å²) in [6, 6.07) is 5.06. The molecule has 2 aliphatic heterocycles. The van der Waals surface area contributed by atoms with Gasteiger partial charge < -0.3 is 24.3 Å². The molecule has 170 valence electrons. The van der Waals surface area contributed by atoms with Crippen LogP contribution in [0.25, 0.3) is 5.69 Å². The minimum atomic E-state index is -0.385. The molecule has 32 heavy (non-hydrogen) atoms. The molecule has 0 aliphatic carbocycles. The third-order valence-electron chi connectivity index (χ3n) is 5.98. The molecule has 1 fully saturated rings. The Morgan fingerprint density at radius 1 is 1.28 bits per heavy atom. The Morgan fingerprint density at radius 3 is 2.72 bits per heavy atom. The topological polar surface area (TPSA) is 76.3 Å². The van der Waals surface area contributed by atoms with Gasteiger partial charge in [-0.1, -0.05) is 0 Å². The van der Waals surface area contributed by atoms with Crippen LogP contribution in [0, 0.1) is 18.7 Å². The second kappa shape index (κ2) is 9.52. The van der Waals surface area contributed by atoms with Gasteiger partial charge in [0.05, 0.1) is 23.8 Å². The Hall–Kier alpha value is -3.20. The zero-order chi connectivity index (χ0) is 22.7. The smallest absolute Gasteiger partial charge is 0.228 e. The van der Waals surface area contributed by atoms with E-state index in [0.29, 0.717) is 29.7 Å². The largest absolute Gasteiger partial charge is 0.492 e. The number of rotatable bonds is 4. The van der Waals surface area contributed by atoms with Gasteiger partial charge in [-0.05, 0) is 57.5 Å². The molecule has 0 saturated carbocycles. The third-order valence-corrected chi connectivity index (χ3v) is 5.98. The van der Waals surface area contributed by atoms with Gasteiger partial charge in [-0.15, -0.1) is 0 Å². The molecular formula is C23H29FN6O2. The van der Waals surface area contributed by atoms with Crippen LogP contribution < -0.4 is 5.32 Å². The van der Waals surface area contributed by atoms with Gasteiger partial charge in [0.15, 0.2) is 5.82 Å². The maximum Gasteiger partial charge on any atom is 0.228 e. The molecule has 1 unspecified atom stereocenters. The summed E-state index contributed by atoms with van der Waals surface area (Å²) in [6.07, 6.45) is 5.36. The average Bonchev–Trinajstić information content (AvgIpc) is 3.22. The van der Waals surface area contributed by atoms with Crippen LogP contribution in [0.5, 0.6) is 0 Å². The average molecular weight is 441 g/mol. The van der Waals surface area contributed by atoms with Crippen molar-refractivity contribution in [1.82, 2.24) is 14.5 Å². The number of benzene rings is 1. The van der Waals surface area contributed by atoms with Crippen LogP contribution in [-0.2, 0) is 9.47 Å². The number of imidazole rings is 1. The number of ether oxygens (including phenoxy) is 2. The lowest BCUT2D eigenvalue weighted by Crippen LogP contribution is -2.45. The van der Waals surface area contributed by atoms with E-state index in [4.69, 9.17) is 9.47 Å². The molecule has 2 aliphatic rings. The van der Waals surface area contributed by atoms with Crippen molar-refractivity contribution >= 4 is 18.4 Å². The number of halogens is 1. The first-order valence-electron chi connectivity index (χ1n) is 10.7. The molecule has 3 heterocycles. The van der Waals surface area contributed by atoms with Gasteiger partial charge in [0.25, 0.3) is 0 Å². The maximum absolute atomic E-state index is 14.7. The van der Waals surface area contributed by atoms with E-state index < -0.39 is 0 Å². The Morgan fingerprint density at radius 2 is 2.06 bits per heavy atom. The number of hydrogen-bond acceptors (Lipinski definition) is 5. The second-order valence-corrected chi connectivity index (χ2v) is 8.13. The molecule has 0 amide bonds. The maximum atomic E-state index is 14.7. The molecule has 1 saturated heterocycles. The summed E-state index contributed by atoms with van der Waals surface area (Å²) in [4.78, 5) is 15.0. The third kappa shape index (κ3) is 4.67. The fourth-order valence-electron chi connectivity index (χ4n) is 4.18. The lowest BCUT2D eigenvalue weighted by molar-refractivity contribution is 0.00111. The number of nitrogens with one attached hydrogen (secondary N) is 1. The highest BCUT2D eigenvalue weighted by Crippen LogP contribution is 2.30. The molecule has 1 aromatic carbocycles. The van der Waals surface area contributed by atoms with Gasteiger partial charge in [0, 0.05) is 32.1 Å². The number of anilines is 1. The molecule has 9 heteroatoms. The highest BCUT2D eigenvalue weighted by molar-refractivity contribution is 5.97. The molecule has 0 radical (unpaired) electrons. The molecule has 0 spiro atoms. The van der Waals surface area contributed by atoms with Crippen LogP contribution in [0.1, 0.15) is 25.5 Å². The summed E-state index contributed by atoms with van der Waals surface area (Å²) in [5, 5.41) is 3.06. The molecule has 2 aromatic rings. The SMILES string of the molecule is C=NC(=NC1=C(C)OCC(C2CCOCC2)N1C)Nc1ccc(-n2cnc(C)c2)c(F)c1. The number of likely N-dealkylation sites (N-methyl/N-ethyl adjacent to an activating group) is 1. The van der Waals surface area contributed by atoms with Crippen LogP contribution in [-0.4, -0.2) is 60.0 Å². The van der Waals surface area contributed by atoms with Crippen LogP contribution in [0.2, 0.25) is 0 Å². The number of allylic oxidation sites excluding steroid dienone is 1. The van der Waals surface area contributed by atoms with Gasteiger partial charge in [-0.25, -0.2) is 14.4 Å². The van der Waals surface area contributed by atoms with Crippen molar-refractivity contribution in [2.45, 2.75) is 32.7 Å². The minimum Gasteiger partial charge on any atom is -0.492 e. The highest BCUT2D eigenvalue weighted by atomic mass is 19.1. The van der Waals surface area contributed by atoms with Crippen LogP contribution in [0.15, 0.2) is 52.3 Å². The Balaban J connectivity index is 1.53.